The molecule has 1 fully saturated rings. The van der Waals surface area contributed by atoms with Crippen LogP contribution in [-0.2, 0) is 0 Å². The molecule has 5 heteroatoms. The highest BCUT2D eigenvalue weighted by molar-refractivity contribution is 7.99. The first kappa shape index (κ1) is 14.4. The zero-order chi connectivity index (χ0) is 13.7. The molecular weight excluding hydrogens is 276 g/mol. The van der Waals surface area contributed by atoms with Gasteiger partial charge in [0, 0.05) is 11.3 Å². The number of nitrogens with one attached hydrogen (secondary N) is 1. The highest BCUT2D eigenvalue weighted by atomic mass is 32.2. The summed E-state index contributed by atoms with van der Waals surface area (Å²) in [6, 6.07) is 4.02. The minimum absolute atomic E-state index is 0.0248. The average molecular weight is 294 g/mol. The van der Waals surface area contributed by atoms with Crippen molar-refractivity contribution in [3.63, 3.8) is 0 Å². The molecule has 0 aromatic carbocycles. The number of nitrogens with two attached hydrogens (primary N) is 1. The fraction of sp³-hybridized carbons (Fsp3) is 0.500. The number of carbonyl (C=O) groups is 1. The summed E-state index contributed by atoms with van der Waals surface area (Å²) in [5.74, 6) is 5.78. The molecule has 1 aromatic rings. The van der Waals surface area contributed by atoms with Gasteiger partial charge in [0.2, 0.25) is 0 Å². The van der Waals surface area contributed by atoms with E-state index in [1.54, 1.807) is 0 Å². The van der Waals surface area contributed by atoms with Crippen molar-refractivity contribution in [3.05, 3.63) is 21.9 Å². The molecule has 2 atom stereocenters. The number of thiophene rings is 1. The number of carbonyl (C=O) groups excluding carboxylic acids is 1. The zero-order valence-electron chi connectivity index (χ0n) is 10.9. The van der Waals surface area contributed by atoms with Gasteiger partial charge in [-0.05, 0) is 31.2 Å². The van der Waals surface area contributed by atoms with Crippen LogP contribution in [0.25, 0.3) is 0 Å². The van der Waals surface area contributed by atoms with E-state index in [1.807, 2.05) is 23.9 Å². The summed E-state index contributed by atoms with van der Waals surface area (Å²) in [5, 5.41) is 3.70. The lowest BCUT2D eigenvalue weighted by Gasteiger charge is -2.18. The van der Waals surface area contributed by atoms with Crippen LogP contribution in [0.5, 0.6) is 0 Å². The highest BCUT2D eigenvalue weighted by Crippen LogP contribution is 2.28. The predicted octanol–water partition coefficient (Wildman–Crippen LogP) is 2.07. The summed E-state index contributed by atoms with van der Waals surface area (Å²) < 4.78 is 0. The second kappa shape index (κ2) is 6.99. The molecule has 19 heavy (non-hydrogen) atoms. The van der Waals surface area contributed by atoms with Gasteiger partial charge in [0.1, 0.15) is 0 Å². The van der Waals surface area contributed by atoms with Gasteiger partial charge < -0.3 is 11.1 Å². The van der Waals surface area contributed by atoms with Crippen molar-refractivity contribution < 1.29 is 4.79 Å². The van der Waals surface area contributed by atoms with E-state index in [1.165, 1.54) is 24.2 Å². The van der Waals surface area contributed by atoms with E-state index in [0.717, 1.165) is 16.2 Å². The predicted molar refractivity (Wildman–Crippen MR) is 82.7 cm³/mol. The quantitative estimate of drug-likeness (QED) is 0.839. The Morgan fingerprint density at radius 3 is 3.16 bits per heavy atom. The maximum atomic E-state index is 12.2. The molecule has 0 bridgehead atoms. The van der Waals surface area contributed by atoms with Gasteiger partial charge in [-0.2, -0.15) is 11.8 Å². The first-order valence-electron chi connectivity index (χ1n) is 6.37. The van der Waals surface area contributed by atoms with Crippen LogP contribution in [0, 0.1) is 11.8 Å². The first-order chi connectivity index (χ1) is 9.24. The number of amides is 1. The molecule has 1 aromatic heterocycles. The molecule has 2 unspecified atom stereocenters. The Balaban J connectivity index is 1.98. The Bertz CT molecular complexity index is 501. The normalized spacial score (nSPS) is 21.8. The third-order valence-electron chi connectivity index (χ3n) is 3.22. The molecule has 3 N–H and O–H groups in total. The van der Waals surface area contributed by atoms with Gasteiger partial charge in [0.15, 0.2) is 0 Å². The van der Waals surface area contributed by atoms with Crippen molar-refractivity contribution in [2.24, 2.45) is 5.73 Å². The molecule has 0 aliphatic heterocycles. The Kier molecular flexibility index (Phi) is 5.32. The summed E-state index contributed by atoms with van der Waals surface area (Å²) in [5.41, 5.74) is 5.33. The minimum Gasteiger partial charge on any atom is -0.347 e. The maximum absolute atomic E-state index is 12.2. The van der Waals surface area contributed by atoms with Crippen LogP contribution in [0.4, 0.5) is 0 Å². The van der Waals surface area contributed by atoms with Crippen LogP contribution in [0.15, 0.2) is 12.1 Å². The molecule has 102 valence electrons. The van der Waals surface area contributed by atoms with Gasteiger partial charge in [-0.3, -0.25) is 4.79 Å². The molecule has 1 aliphatic rings. The molecule has 1 heterocycles. The van der Waals surface area contributed by atoms with Crippen molar-refractivity contribution in [2.45, 2.75) is 30.6 Å². The average Bonchev–Trinajstić information content (AvgIpc) is 3.04. The monoisotopic (exact) mass is 294 g/mol. The molecule has 1 saturated carbocycles. The van der Waals surface area contributed by atoms with E-state index in [2.05, 4.69) is 23.4 Å². The lowest BCUT2D eigenvalue weighted by atomic mass is 10.2. The molecule has 1 amide bonds. The molecule has 3 nitrogen and oxygen atoms in total. The highest BCUT2D eigenvalue weighted by Gasteiger charge is 2.28. The third-order valence-corrected chi connectivity index (χ3v) is 5.38. The summed E-state index contributed by atoms with van der Waals surface area (Å²) in [6.45, 7) is 0.344. The fourth-order valence-electron chi connectivity index (χ4n) is 2.28. The molecule has 0 spiro atoms. The Morgan fingerprint density at radius 2 is 2.42 bits per heavy atom. The molecule has 1 aliphatic carbocycles. The van der Waals surface area contributed by atoms with Crippen molar-refractivity contribution in [1.29, 1.82) is 0 Å². The van der Waals surface area contributed by atoms with E-state index in [-0.39, 0.29) is 5.91 Å². The maximum Gasteiger partial charge on any atom is 0.261 e. The van der Waals surface area contributed by atoms with Crippen molar-refractivity contribution in [1.82, 2.24) is 5.32 Å². The number of thioether (sulfide) groups is 1. The standard InChI is InChI=1S/C14H18N2OS2/c1-18-12-6-2-5-11(12)16-14(17)13-8-7-10(19-13)4-3-9-15/h7-8,11-12H,2,5-6,9,15H2,1H3,(H,16,17). The van der Waals surface area contributed by atoms with Crippen LogP contribution in [0.1, 0.15) is 33.8 Å². The van der Waals surface area contributed by atoms with Crippen LogP contribution >= 0.6 is 23.1 Å². The second-order valence-electron chi connectivity index (χ2n) is 4.45. The van der Waals surface area contributed by atoms with Gasteiger partial charge in [0.25, 0.3) is 5.91 Å². The minimum atomic E-state index is 0.0248. The first-order valence-corrected chi connectivity index (χ1v) is 8.47. The van der Waals surface area contributed by atoms with Gasteiger partial charge >= 0.3 is 0 Å². The fourth-order valence-corrected chi connectivity index (χ4v) is 4.00. The van der Waals surface area contributed by atoms with E-state index in [0.29, 0.717) is 17.8 Å². The lowest BCUT2D eigenvalue weighted by Crippen LogP contribution is -2.38. The molecule has 0 radical (unpaired) electrons. The molecular formula is C14H18N2OS2. The molecule has 0 saturated heterocycles. The van der Waals surface area contributed by atoms with E-state index < -0.39 is 0 Å². The summed E-state index contributed by atoms with van der Waals surface area (Å²) in [7, 11) is 0. The van der Waals surface area contributed by atoms with Crippen molar-refractivity contribution >= 4 is 29.0 Å². The van der Waals surface area contributed by atoms with E-state index >= 15 is 0 Å². The van der Waals surface area contributed by atoms with Gasteiger partial charge in [0.05, 0.1) is 16.3 Å². The van der Waals surface area contributed by atoms with E-state index in [9.17, 15) is 4.79 Å². The van der Waals surface area contributed by atoms with Gasteiger partial charge in [-0.15, -0.1) is 11.3 Å². The van der Waals surface area contributed by atoms with E-state index in [4.69, 9.17) is 5.73 Å². The van der Waals surface area contributed by atoms with Crippen LogP contribution < -0.4 is 11.1 Å². The number of rotatable bonds is 3. The van der Waals surface area contributed by atoms with Crippen molar-refractivity contribution in [2.75, 3.05) is 12.8 Å². The lowest BCUT2D eigenvalue weighted by molar-refractivity contribution is 0.0943. The Morgan fingerprint density at radius 1 is 1.58 bits per heavy atom. The number of hydrogen-bond donors (Lipinski definition) is 2. The third kappa shape index (κ3) is 3.75. The van der Waals surface area contributed by atoms with Gasteiger partial charge in [-0.1, -0.05) is 18.3 Å². The topological polar surface area (TPSA) is 55.1 Å². The smallest absolute Gasteiger partial charge is 0.261 e. The largest absolute Gasteiger partial charge is 0.347 e. The molecule has 2 rings (SSSR count). The Hall–Kier alpha value is -0.960. The Labute approximate surface area is 122 Å². The van der Waals surface area contributed by atoms with Crippen molar-refractivity contribution in [3.8, 4) is 11.8 Å². The summed E-state index contributed by atoms with van der Waals surface area (Å²) >= 11 is 3.27. The van der Waals surface area contributed by atoms with Crippen LogP contribution in [-0.4, -0.2) is 30.0 Å². The zero-order valence-corrected chi connectivity index (χ0v) is 12.6. The summed E-state index contributed by atoms with van der Waals surface area (Å²) in [6.07, 6.45) is 5.60. The second-order valence-corrected chi connectivity index (χ2v) is 6.62. The van der Waals surface area contributed by atoms with Gasteiger partial charge in [-0.25, -0.2) is 0 Å². The SMILES string of the molecule is CSC1CCCC1NC(=O)c1ccc(C#CCN)s1. The summed E-state index contributed by atoms with van der Waals surface area (Å²) in [4.78, 5) is 13.8. The van der Waals surface area contributed by atoms with Crippen LogP contribution in [0.2, 0.25) is 0 Å². The van der Waals surface area contributed by atoms with Crippen LogP contribution in [0.3, 0.4) is 0 Å². The number of hydrogen-bond acceptors (Lipinski definition) is 4.